The Morgan fingerprint density at radius 2 is 1.33 bits per heavy atom. The van der Waals surface area contributed by atoms with Crippen molar-refractivity contribution in [3.63, 3.8) is 0 Å². The number of ether oxygens (including phenoxy) is 4. The van der Waals surface area contributed by atoms with Crippen LogP contribution in [0.25, 0.3) is 0 Å². The maximum absolute atomic E-state index is 7.08. The summed E-state index contributed by atoms with van der Waals surface area (Å²) in [5.41, 5.74) is 0. The highest BCUT2D eigenvalue weighted by molar-refractivity contribution is 9.12. The molecule has 0 aromatic heterocycles. The molecule has 0 spiro atoms. The van der Waals surface area contributed by atoms with E-state index < -0.39 is 34.3 Å². The summed E-state index contributed by atoms with van der Waals surface area (Å²) in [7, 11) is -4.34. The maximum atomic E-state index is 7.08. The molecule has 2 heterocycles. The van der Waals surface area contributed by atoms with E-state index in [1.165, 1.54) is 0 Å². The molecule has 2 rings (SSSR count). The quantitative estimate of drug-likeness (QED) is 0.215. The SMILES string of the molecule is CC1(C)O[C@@H]([C@H](O[Si](C)(C)C(C)(C)C)[C@H]2COC(C)(C)O2)[C@@H]([C@H](CC#CBr)O[Si](C)(C)C(C)(C)C)O1. The van der Waals surface area contributed by atoms with E-state index in [9.17, 15) is 0 Å². The van der Waals surface area contributed by atoms with Crippen LogP contribution in [0, 0.1) is 10.8 Å². The van der Waals surface area contributed by atoms with Gasteiger partial charge >= 0.3 is 0 Å². The molecule has 6 nitrogen and oxygen atoms in total. The monoisotopic (exact) mass is 606 g/mol. The molecule has 36 heavy (non-hydrogen) atoms. The zero-order chi connectivity index (χ0) is 28.0. The van der Waals surface area contributed by atoms with Gasteiger partial charge in [0.15, 0.2) is 28.2 Å². The third kappa shape index (κ3) is 7.89. The normalized spacial score (nSPS) is 28.5. The van der Waals surface area contributed by atoms with Crippen LogP contribution in [-0.4, -0.2) is 65.3 Å². The molecular formula is C27H51BrO6Si2. The van der Waals surface area contributed by atoms with Crippen LogP contribution in [-0.2, 0) is 27.8 Å². The molecule has 0 amide bonds. The lowest BCUT2D eigenvalue weighted by atomic mass is 9.98. The fourth-order valence-corrected chi connectivity index (χ4v) is 6.84. The third-order valence-electron chi connectivity index (χ3n) is 8.11. The Hall–Kier alpha value is 0.234. The Balaban J connectivity index is 2.54. The molecule has 0 aromatic carbocycles. The van der Waals surface area contributed by atoms with Crippen LogP contribution in [0.15, 0.2) is 0 Å². The molecule has 5 atom stereocenters. The van der Waals surface area contributed by atoms with Gasteiger partial charge in [-0.05, 0) is 68.8 Å². The Morgan fingerprint density at radius 3 is 1.78 bits per heavy atom. The van der Waals surface area contributed by atoms with Gasteiger partial charge in [0.05, 0.1) is 12.7 Å². The van der Waals surface area contributed by atoms with Gasteiger partial charge in [0.2, 0.25) is 0 Å². The number of rotatable bonds is 8. The van der Waals surface area contributed by atoms with Gasteiger partial charge in [0, 0.05) is 22.4 Å². The molecule has 2 aliphatic rings. The van der Waals surface area contributed by atoms with Crippen molar-refractivity contribution in [2.24, 2.45) is 0 Å². The lowest BCUT2D eigenvalue weighted by Crippen LogP contribution is -2.57. The second-order valence-corrected chi connectivity index (χ2v) is 24.1. The fraction of sp³-hybridized carbons (Fsp3) is 0.926. The van der Waals surface area contributed by atoms with Gasteiger partial charge in [-0.3, -0.25) is 0 Å². The van der Waals surface area contributed by atoms with Crippen molar-refractivity contribution in [2.45, 2.75) is 154 Å². The summed E-state index contributed by atoms with van der Waals surface area (Å²) in [6, 6.07) is 0. The van der Waals surface area contributed by atoms with Crippen molar-refractivity contribution in [1.29, 1.82) is 0 Å². The first kappa shape index (κ1) is 32.4. The Bertz CT molecular complexity index is 819. The van der Waals surface area contributed by atoms with Crippen molar-refractivity contribution in [1.82, 2.24) is 0 Å². The van der Waals surface area contributed by atoms with E-state index in [1.54, 1.807) is 0 Å². The van der Waals surface area contributed by atoms with Gasteiger partial charge in [0.1, 0.15) is 24.4 Å². The molecule has 0 aromatic rings. The van der Waals surface area contributed by atoms with Crippen LogP contribution in [0.3, 0.4) is 0 Å². The highest BCUT2D eigenvalue weighted by atomic mass is 79.9. The van der Waals surface area contributed by atoms with E-state index in [0.717, 1.165) is 0 Å². The maximum Gasteiger partial charge on any atom is 0.192 e. The first-order valence-corrected chi connectivity index (χ1v) is 19.7. The van der Waals surface area contributed by atoms with Gasteiger partial charge in [-0.2, -0.15) is 0 Å². The first-order chi connectivity index (χ1) is 16.0. The zero-order valence-electron chi connectivity index (χ0n) is 25.1. The molecule has 2 saturated heterocycles. The first-order valence-electron chi connectivity index (χ1n) is 13.1. The van der Waals surface area contributed by atoms with Crippen molar-refractivity contribution in [3.8, 4) is 10.8 Å². The molecule has 0 aliphatic carbocycles. The molecule has 9 heteroatoms. The average Bonchev–Trinajstić information content (AvgIpc) is 3.19. The second-order valence-electron chi connectivity index (χ2n) is 14.2. The van der Waals surface area contributed by atoms with Crippen molar-refractivity contribution >= 4 is 32.6 Å². The summed E-state index contributed by atoms with van der Waals surface area (Å²) in [5.74, 6) is 1.71. The van der Waals surface area contributed by atoms with Crippen LogP contribution >= 0.6 is 15.9 Å². The van der Waals surface area contributed by atoms with Crippen molar-refractivity contribution in [3.05, 3.63) is 0 Å². The second kappa shape index (κ2) is 11.0. The van der Waals surface area contributed by atoms with Gasteiger partial charge < -0.3 is 27.8 Å². The Labute approximate surface area is 231 Å². The third-order valence-corrected chi connectivity index (χ3v) is 17.4. The molecule has 2 fully saturated rings. The largest absolute Gasteiger partial charge is 0.410 e. The van der Waals surface area contributed by atoms with Crippen LogP contribution < -0.4 is 0 Å². The summed E-state index contributed by atoms with van der Waals surface area (Å²) in [5, 5.41) is 0.0597. The fourth-order valence-electron chi connectivity index (χ4n) is 4.03. The minimum atomic E-state index is -2.20. The zero-order valence-corrected chi connectivity index (χ0v) is 28.7. The predicted octanol–water partition coefficient (Wildman–Crippen LogP) is 7.18. The van der Waals surface area contributed by atoms with E-state index in [2.05, 4.69) is 94.4 Å². The lowest BCUT2D eigenvalue weighted by Gasteiger charge is -2.44. The molecule has 210 valence electrons. The summed E-state index contributed by atoms with van der Waals surface area (Å²) in [4.78, 5) is 2.87. The van der Waals surface area contributed by atoms with E-state index in [4.69, 9.17) is 27.8 Å². The van der Waals surface area contributed by atoms with Crippen LogP contribution in [0.1, 0.15) is 75.7 Å². The summed E-state index contributed by atoms with van der Waals surface area (Å²) >= 11 is 3.27. The summed E-state index contributed by atoms with van der Waals surface area (Å²) in [6.07, 6.45) is -1.17. The predicted molar refractivity (Wildman–Crippen MR) is 154 cm³/mol. The van der Waals surface area contributed by atoms with Crippen molar-refractivity contribution < 1.29 is 27.8 Å². The molecule has 0 bridgehead atoms. The standard InChI is InChI=1S/C27H51BrO6Si2/c1-24(2,3)35(11,12)33-19(16-15-17-28)21-23(32-27(9,10)31-21)22(20-18-29-26(7,8)30-20)34-36(13,14)25(4,5)6/h19-23H,16,18H2,1-14H3/t19-,20+,21+,22+,23+/m0/s1. The molecule has 0 N–H and O–H groups in total. The van der Waals surface area contributed by atoms with E-state index >= 15 is 0 Å². The van der Waals surface area contributed by atoms with Gasteiger partial charge in [0.25, 0.3) is 0 Å². The van der Waals surface area contributed by atoms with E-state index in [-0.39, 0.29) is 34.5 Å². The van der Waals surface area contributed by atoms with E-state index in [1.807, 2.05) is 27.7 Å². The van der Waals surface area contributed by atoms with Crippen LogP contribution in [0.4, 0.5) is 0 Å². The average molecular weight is 608 g/mol. The smallest absolute Gasteiger partial charge is 0.192 e. The summed E-state index contributed by atoms with van der Waals surface area (Å²) < 4.78 is 39.7. The Morgan fingerprint density at radius 1 is 0.833 bits per heavy atom. The molecule has 0 unspecified atom stereocenters. The molecule has 0 radical (unpaired) electrons. The molecular weight excluding hydrogens is 556 g/mol. The Kier molecular flexibility index (Phi) is 9.93. The highest BCUT2D eigenvalue weighted by Gasteiger charge is 2.56. The van der Waals surface area contributed by atoms with Crippen LogP contribution in [0.2, 0.25) is 36.3 Å². The molecule has 2 aliphatic heterocycles. The van der Waals surface area contributed by atoms with Crippen molar-refractivity contribution in [2.75, 3.05) is 6.61 Å². The topological polar surface area (TPSA) is 55.4 Å². The number of halogens is 1. The minimum Gasteiger partial charge on any atom is -0.410 e. The lowest BCUT2D eigenvalue weighted by molar-refractivity contribution is -0.176. The van der Waals surface area contributed by atoms with Crippen LogP contribution in [0.5, 0.6) is 0 Å². The molecule has 0 saturated carbocycles. The summed E-state index contributed by atoms with van der Waals surface area (Å²) in [6.45, 7) is 30.8. The minimum absolute atomic E-state index is 0.0170. The van der Waals surface area contributed by atoms with Gasteiger partial charge in [-0.25, -0.2) is 0 Å². The number of hydrogen-bond donors (Lipinski definition) is 0. The van der Waals surface area contributed by atoms with Gasteiger partial charge in [-0.1, -0.05) is 47.5 Å². The highest BCUT2D eigenvalue weighted by Crippen LogP contribution is 2.45. The number of hydrogen-bond acceptors (Lipinski definition) is 6. The van der Waals surface area contributed by atoms with E-state index in [0.29, 0.717) is 13.0 Å². The van der Waals surface area contributed by atoms with Gasteiger partial charge in [-0.15, -0.1) is 0 Å².